The largest absolute Gasteiger partial charge is 0.322 e. The van der Waals surface area contributed by atoms with Crippen LogP contribution in [0.5, 0.6) is 0 Å². The standard InChI is InChI=1S/C30H27N5O4/c1-20-6-4-7-21(18-20)29-27-10-5-17-32(27)25-8-2-3-9-26(25)34(29)28(36)19-33(23-15-16-23)30(37)31-22-11-13-24(14-12-22)35(38)39/h2-14,17-18,23,29H,15-16,19H2,1H3,(H,31,37)/t29-/m1/s1. The maximum absolute atomic E-state index is 14.2. The molecule has 0 spiro atoms. The van der Waals surface area contributed by atoms with Crippen LogP contribution in [-0.2, 0) is 4.79 Å². The molecule has 4 aromatic rings. The van der Waals surface area contributed by atoms with Crippen LogP contribution in [-0.4, -0.2) is 38.9 Å². The Morgan fingerprint density at radius 1 is 0.974 bits per heavy atom. The minimum Gasteiger partial charge on any atom is -0.316 e. The van der Waals surface area contributed by atoms with Gasteiger partial charge in [-0.2, -0.15) is 0 Å². The smallest absolute Gasteiger partial charge is 0.316 e. The van der Waals surface area contributed by atoms with Crippen LogP contribution in [0.3, 0.4) is 0 Å². The average Bonchev–Trinajstić information content (AvgIpc) is 3.66. The molecular weight excluding hydrogens is 494 g/mol. The normalized spacial score (nSPS) is 15.7. The molecule has 196 valence electrons. The highest BCUT2D eigenvalue weighted by molar-refractivity contribution is 6.01. The molecular formula is C30H27N5O4. The third kappa shape index (κ3) is 4.63. The molecule has 1 aliphatic carbocycles. The second kappa shape index (κ2) is 9.75. The van der Waals surface area contributed by atoms with Crippen LogP contribution in [0.2, 0.25) is 0 Å². The monoisotopic (exact) mass is 521 g/mol. The maximum Gasteiger partial charge on any atom is 0.322 e. The Balaban J connectivity index is 1.33. The molecule has 3 amide bonds. The van der Waals surface area contributed by atoms with Gasteiger partial charge in [-0.1, -0.05) is 42.0 Å². The van der Waals surface area contributed by atoms with E-state index in [9.17, 15) is 19.7 Å². The number of para-hydroxylation sites is 2. The van der Waals surface area contributed by atoms with Crippen LogP contribution in [0.15, 0.2) is 91.1 Å². The zero-order chi connectivity index (χ0) is 27.1. The lowest BCUT2D eigenvalue weighted by atomic mass is 9.96. The van der Waals surface area contributed by atoms with E-state index in [-0.39, 0.29) is 30.2 Å². The van der Waals surface area contributed by atoms with Gasteiger partial charge in [0.15, 0.2) is 0 Å². The third-order valence-corrected chi connectivity index (χ3v) is 7.23. The molecule has 0 radical (unpaired) electrons. The Hall–Kier alpha value is -4.92. The molecule has 1 aromatic heterocycles. The van der Waals surface area contributed by atoms with Gasteiger partial charge in [-0.15, -0.1) is 0 Å². The zero-order valence-electron chi connectivity index (χ0n) is 21.4. The van der Waals surface area contributed by atoms with Crippen LogP contribution in [0.4, 0.5) is 21.9 Å². The first-order chi connectivity index (χ1) is 18.9. The number of non-ortho nitro benzene ring substituents is 1. The number of urea groups is 1. The molecule has 39 heavy (non-hydrogen) atoms. The van der Waals surface area contributed by atoms with Gasteiger partial charge in [-0.3, -0.25) is 19.8 Å². The van der Waals surface area contributed by atoms with E-state index in [1.807, 2.05) is 72.6 Å². The highest BCUT2D eigenvalue weighted by Gasteiger charge is 2.40. The molecule has 0 bridgehead atoms. The number of carbonyl (C=O) groups is 2. The number of anilines is 2. The van der Waals surface area contributed by atoms with Gasteiger partial charge >= 0.3 is 6.03 Å². The molecule has 6 rings (SSSR count). The van der Waals surface area contributed by atoms with E-state index < -0.39 is 11.0 Å². The minimum absolute atomic E-state index is 0.0340. The molecule has 1 saturated carbocycles. The number of nitrogens with one attached hydrogen (secondary N) is 1. The predicted molar refractivity (Wildman–Crippen MR) is 148 cm³/mol. The van der Waals surface area contributed by atoms with Crippen molar-refractivity contribution in [2.45, 2.75) is 31.8 Å². The van der Waals surface area contributed by atoms with Gasteiger partial charge in [0.1, 0.15) is 12.6 Å². The highest BCUT2D eigenvalue weighted by Crippen LogP contribution is 2.42. The number of aromatic nitrogens is 1. The molecule has 1 aliphatic heterocycles. The number of rotatable bonds is 6. The maximum atomic E-state index is 14.2. The molecule has 2 aliphatic rings. The zero-order valence-corrected chi connectivity index (χ0v) is 21.4. The summed E-state index contributed by atoms with van der Waals surface area (Å²) in [5.74, 6) is -0.188. The van der Waals surface area contributed by atoms with Crippen molar-refractivity contribution in [3.8, 4) is 5.69 Å². The minimum atomic E-state index is -0.488. The number of nitro groups is 1. The van der Waals surface area contributed by atoms with Gasteiger partial charge in [0, 0.05) is 30.1 Å². The fourth-order valence-corrected chi connectivity index (χ4v) is 5.25. The number of hydrogen-bond acceptors (Lipinski definition) is 4. The quantitative estimate of drug-likeness (QED) is 0.255. The molecule has 1 atom stereocenters. The number of fused-ring (bicyclic) bond motifs is 3. The van der Waals surface area contributed by atoms with E-state index in [0.717, 1.165) is 41.0 Å². The summed E-state index contributed by atoms with van der Waals surface area (Å²) >= 11 is 0. The van der Waals surface area contributed by atoms with Gasteiger partial charge in [0.2, 0.25) is 5.91 Å². The van der Waals surface area contributed by atoms with E-state index in [1.54, 1.807) is 4.90 Å². The van der Waals surface area contributed by atoms with Crippen molar-refractivity contribution in [1.29, 1.82) is 0 Å². The molecule has 1 fully saturated rings. The topological polar surface area (TPSA) is 101 Å². The highest BCUT2D eigenvalue weighted by atomic mass is 16.6. The second-order valence-corrected chi connectivity index (χ2v) is 9.97. The first kappa shape index (κ1) is 24.4. The summed E-state index contributed by atoms with van der Waals surface area (Å²) in [6.45, 7) is 1.93. The molecule has 3 aromatic carbocycles. The van der Waals surface area contributed by atoms with E-state index in [2.05, 4.69) is 16.0 Å². The van der Waals surface area contributed by atoms with Gasteiger partial charge < -0.3 is 14.8 Å². The Morgan fingerprint density at radius 2 is 1.72 bits per heavy atom. The van der Waals surface area contributed by atoms with Crippen LogP contribution < -0.4 is 10.2 Å². The van der Waals surface area contributed by atoms with Crippen molar-refractivity contribution < 1.29 is 14.5 Å². The average molecular weight is 522 g/mol. The van der Waals surface area contributed by atoms with Crippen molar-refractivity contribution in [3.05, 3.63) is 118 Å². The number of carbonyl (C=O) groups excluding carboxylic acids is 2. The molecule has 0 unspecified atom stereocenters. The van der Waals surface area contributed by atoms with Crippen molar-refractivity contribution in [1.82, 2.24) is 9.47 Å². The lowest BCUT2D eigenvalue weighted by Gasteiger charge is -2.39. The number of benzene rings is 3. The summed E-state index contributed by atoms with van der Waals surface area (Å²) in [5, 5.41) is 13.8. The van der Waals surface area contributed by atoms with Crippen molar-refractivity contribution in [2.75, 3.05) is 16.8 Å². The summed E-state index contributed by atoms with van der Waals surface area (Å²) in [5.41, 5.74) is 5.12. The van der Waals surface area contributed by atoms with Crippen LogP contribution in [0.1, 0.15) is 35.7 Å². The number of hydrogen-bond donors (Lipinski definition) is 1. The summed E-state index contributed by atoms with van der Waals surface area (Å²) in [6, 6.07) is 24.8. The van der Waals surface area contributed by atoms with Gasteiger partial charge in [-0.25, -0.2) is 4.79 Å². The van der Waals surface area contributed by atoms with Crippen molar-refractivity contribution in [2.24, 2.45) is 0 Å². The van der Waals surface area contributed by atoms with Gasteiger partial charge in [0.25, 0.3) is 5.69 Å². The molecule has 9 heteroatoms. The summed E-state index contributed by atoms with van der Waals surface area (Å²) < 4.78 is 2.12. The molecule has 2 heterocycles. The van der Waals surface area contributed by atoms with Crippen LogP contribution in [0, 0.1) is 17.0 Å². The van der Waals surface area contributed by atoms with E-state index in [1.165, 1.54) is 24.3 Å². The summed E-state index contributed by atoms with van der Waals surface area (Å²) in [4.78, 5) is 41.4. The molecule has 9 nitrogen and oxygen atoms in total. The SMILES string of the molecule is Cc1cccc([C@@H]2c3cccn3-c3ccccc3N2C(=O)CN(C(=O)Nc2ccc([N+](=O)[O-])cc2)C2CC2)c1. The number of nitrogens with zero attached hydrogens (tertiary/aromatic N) is 4. The van der Waals surface area contributed by atoms with E-state index in [4.69, 9.17) is 0 Å². The fourth-order valence-electron chi connectivity index (χ4n) is 5.25. The number of aryl methyl sites for hydroxylation is 1. The Bertz CT molecular complexity index is 1570. The Kier molecular flexibility index (Phi) is 6.11. The van der Waals surface area contributed by atoms with Gasteiger partial charge in [0.05, 0.1) is 22.0 Å². The second-order valence-electron chi connectivity index (χ2n) is 9.97. The predicted octanol–water partition coefficient (Wildman–Crippen LogP) is 5.83. The van der Waals surface area contributed by atoms with Crippen molar-refractivity contribution >= 4 is 29.0 Å². The lowest BCUT2D eigenvalue weighted by Crippen LogP contribution is -2.48. The molecule has 1 N–H and O–H groups in total. The number of amides is 3. The summed E-state index contributed by atoms with van der Waals surface area (Å²) in [7, 11) is 0. The first-order valence-electron chi connectivity index (χ1n) is 12.9. The van der Waals surface area contributed by atoms with Crippen LogP contribution >= 0.6 is 0 Å². The lowest BCUT2D eigenvalue weighted by molar-refractivity contribution is -0.384. The fraction of sp³-hybridized carbons (Fsp3) is 0.200. The Morgan fingerprint density at radius 3 is 2.41 bits per heavy atom. The summed E-state index contributed by atoms with van der Waals surface area (Å²) in [6.07, 6.45) is 3.65. The number of nitro benzene ring substituents is 1. The van der Waals surface area contributed by atoms with E-state index in [0.29, 0.717) is 5.69 Å². The first-order valence-corrected chi connectivity index (χ1v) is 12.9. The van der Waals surface area contributed by atoms with E-state index >= 15 is 0 Å². The van der Waals surface area contributed by atoms with Crippen molar-refractivity contribution in [3.63, 3.8) is 0 Å². The van der Waals surface area contributed by atoms with Crippen LogP contribution in [0.25, 0.3) is 5.69 Å². The molecule has 0 saturated heterocycles. The Labute approximate surface area is 225 Å². The van der Waals surface area contributed by atoms with Gasteiger partial charge in [-0.05, 0) is 61.7 Å². The third-order valence-electron chi connectivity index (χ3n) is 7.23.